The van der Waals surface area contributed by atoms with Gasteiger partial charge in [-0.15, -0.1) is 0 Å². The summed E-state index contributed by atoms with van der Waals surface area (Å²) in [6.07, 6.45) is 6.58. The molecular formula is C24H30N2. The van der Waals surface area contributed by atoms with Gasteiger partial charge in [0.25, 0.3) is 0 Å². The Labute approximate surface area is 158 Å². The van der Waals surface area contributed by atoms with Crippen molar-refractivity contribution in [3.8, 4) is 0 Å². The molecule has 2 nitrogen and oxygen atoms in total. The summed E-state index contributed by atoms with van der Waals surface area (Å²) in [5.74, 6) is 0. The van der Waals surface area contributed by atoms with Gasteiger partial charge in [-0.2, -0.15) is 0 Å². The molecule has 0 aromatic heterocycles. The van der Waals surface area contributed by atoms with Crippen LogP contribution in [0, 0.1) is 13.8 Å². The standard InChI is InChI=1S/C24H30N2/c1-6-26(5)16-25-24-14-18(3)23(13-19(24)4)17(2)12-20-10-11-21-8-7-9-22(21)15-20/h10-11,13-16H,2,6-9,12H2,1,3-5H3. The number of rotatable bonds is 6. The van der Waals surface area contributed by atoms with E-state index in [9.17, 15) is 0 Å². The molecule has 0 saturated heterocycles. The molecule has 0 aliphatic heterocycles. The largest absolute Gasteiger partial charge is 0.366 e. The highest BCUT2D eigenvalue weighted by Crippen LogP contribution is 2.30. The number of aryl methyl sites for hydroxylation is 4. The number of aliphatic imine (C=N–C) groups is 1. The number of hydrogen-bond donors (Lipinski definition) is 0. The fourth-order valence-corrected chi connectivity index (χ4v) is 3.64. The molecule has 0 N–H and O–H groups in total. The Bertz CT molecular complexity index is 846. The maximum atomic E-state index is 4.63. The third kappa shape index (κ3) is 4.07. The Morgan fingerprint density at radius 1 is 1.12 bits per heavy atom. The molecule has 0 radical (unpaired) electrons. The molecule has 1 aliphatic rings. The van der Waals surface area contributed by atoms with Crippen LogP contribution in [0.4, 0.5) is 5.69 Å². The van der Waals surface area contributed by atoms with Gasteiger partial charge < -0.3 is 4.90 Å². The smallest absolute Gasteiger partial charge is 0.0909 e. The van der Waals surface area contributed by atoms with Gasteiger partial charge in [0.15, 0.2) is 0 Å². The van der Waals surface area contributed by atoms with Crippen molar-refractivity contribution in [1.82, 2.24) is 4.90 Å². The van der Waals surface area contributed by atoms with Crippen molar-refractivity contribution in [2.24, 2.45) is 4.99 Å². The van der Waals surface area contributed by atoms with Crippen molar-refractivity contribution in [3.05, 3.63) is 70.3 Å². The van der Waals surface area contributed by atoms with Crippen LogP contribution in [-0.4, -0.2) is 24.8 Å². The van der Waals surface area contributed by atoms with Gasteiger partial charge in [-0.25, -0.2) is 4.99 Å². The minimum Gasteiger partial charge on any atom is -0.366 e. The van der Waals surface area contributed by atoms with E-state index in [2.05, 4.69) is 67.6 Å². The Kier molecular flexibility index (Phi) is 5.61. The second-order valence-corrected chi connectivity index (χ2v) is 7.51. The minimum absolute atomic E-state index is 0.911. The highest BCUT2D eigenvalue weighted by atomic mass is 15.1. The summed E-state index contributed by atoms with van der Waals surface area (Å²) in [4.78, 5) is 6.71. The predicted octanol–water partition coefficient (Wildman–Crippen LogP) is 5.66. The van der Waals surface area contributed by atoms with E-state index in [0.29, 0.717) is 0 Å². The van der Waals surface area contributed by atoms with Crippen LogP contribution in [0.25, 0.3) is 5.57 Å². The molecule has 0 spiro atoms. The minimum atomic E-state index is 0.911. The van der Waals surface area contributed by atoms with Crippen molar-refractivity contribution in [1.29, 1.82) is 0 Å². The molecule has 26 heavy (non-hydrogen) atoms. The first-order valence-electron chi connectivity index (χ1n) is 9.62. The van der Waals surface area contributed by atoms with Crippen LogP contribution < -0.4 is 0 Å². The monoisotopic (exact) mass is 346 g/mol. The lowest BCUT2D eigenvalue weighted by atomic mass is 9.93. The van der Waals surface area contributed by atoms with Crippen LogP contribution in [0.1, 0.15) is 46.7 Å². The van der Waals surface area contributed by atoms with Crippen molar-refractivity contribution >= 4 is 17.6 Å². The molecular weight excluding hydrogens is 316 g/mol. The molecule has 2 heteroatoms. The second kappa shape index (κ2) is 7.90. The molecule has 0 unspecified atom stereocenters. The molecule has 2 aromatic rings. The highest BCUT2D eigenvalue weighted by molar-refractivity contribution is 5.73. The van der Waals surface area contributed by atoms with E-state index in [1.54, 1.807) is 0 Å². The van der Waals surface area contributed by atoms with Gasteiger partial charge in [-0.1, -0.05) is 24.8 Å². The molecule has 1 aliphatic carbocycles. The van der Waals surface area contributed by atoms with Crippen LogP contribution in [0.2, 0.25) is 0 Å². The molecule has 0 saturated carbocycles. The Morgan fingerprint density at radius 3 is 2.65 bits per heavy atom. The van der Waals surface area contributed by atoms with Gasteiger partial charge in [-0.05, 0) is 97.5 Å². The average Bonchev–Trinajstić information content (AvgIpc) is 3.09. The van der Waals surface area contributed by atoms with Crippen LogP contribution in [0.3, 0.4) is 0 Å². The van der Waals surface area contributed by atoms with E-state index >= 15 is 0 Å². The molecule has 3 rings (SSSR count). The molecule has 0 amide bonds. The van der Waals surface area contributed by atoms with E-state index in [1.165, 1.54) is 58.2 Å². The number of nitrogens with zero attached hydrogens (tertiary/aromatic N) is 2. The molecule has 0 bridgehead atoms. The maximum Gasteiger partial charge on any atom is 0.0909 e. The Hall–Kier alpha value is -2.35. The van der Waals surface area contributed by atoms with Gasteiger partial charge in [0.1, 0.15) is 0 Å². The predicted molar refractivity (Wildman–Crippen MR) is 114 cm³/mol. The van der Waals surface area contributed by atoms with E-state index in [-0.39, 0.29) is 0 Å². The second-order valence-electron chi connectivity index (χ2n) is 7.51. The molecule has 136 valence electrons. The first-order chi connectivity index (χ1) is 12.5. The van der Waals surface area contributed by atoms with Gasteiger partial charge >= 0.3 is 0 Å². The quantitative estimate of drug-likeness (QED) is 0.487. The molecule has 0 atom stereocenters. The molecule has 0 fully saturated rings. The van der Waals surface area contributed by atoms with Crippen LogP contribution >= 0.6 is 0 Å². The third-order valence-electron chi connectivity index (χ3n) is 5.40. The van der Waals surface area contributed by atoms with Crippen molar-refractivity contribution in [2.75, 3.05) is 13.6 Å². The zero-order chi connectivity index (χ0) is 18.7. The number of fused-ring (bicyclic) bond motifs is 1. The zero-order valence-corrected chi connectivity index (χ0v) is 16.6. The number of benzene rings is 2. The van der Waals surface area contributed by atoms with Crippen LogP contribution in [0.15, 0.2) is 41.9 Å². The van der Waals surface area contributed by atoms with Crippen molar-refractivity contribution < 1.29 is 0 Å². The fourth-order valence-electron chi connectivity index (χ4n) is 3.64. The SMILES string of the molecule is C=C(Cc1ccc2c(c1)CCC2)c1cc(C)c(N=CN(C)CC)cc1C. The van der Waals surface area contributed by atoms with Gasteiger partial charge in [-0.3, -0.25) is 0 Å². The lowest BCUT2D eigenvalue weighted by Gasteiger charge is -2.14. The Balaban J connectivity index is 1.79. The highest BCUT2D eigenvalue weighted by Gasteiger charge is 2.12. The van der Waals surface area contributed by atoms with Crippen molar-refractivity contribution in [3.63, 3.8) is 0 Å². The Morgan fingerprint density at radius 2 is 1.88 bits per heavy atom. The summed E-state index contributed by atoms with van der Waals surface area (Å²) in [6.45, 7) is 11.8. The summed E-state index contributed by atoms with van der Waals surface area (Å²) in [5, 5.41) is 0. The van der Waals surface area contributed by atoms with E-state index in [0.717, 1.165) is 18.7 Å². The summed E-state index contributed by atoms with van der Waals surface area (Å²) in [5.41, 5.74) is 10.4. The van der Waals surface area contributed by atoms with Crippen LogP contribution in [0.5, 0.6) is 0 Å². The number of allylic oxidation sites excluding steroid dienone is 1. The lowest BCUT2D eigenvalue weighted by molar-refractivity contribution is 0.552. The average molecular weight is 347 g/mol. The summed E-state index contributed by atoms with van der Waals surface area (Å²) in [7, 11) is 2.04. The summed E-state index contributed by atoms with van der Waals surface area (Å²) >= 11 is 0. The van der Waals surface area contributed by atoms with Gasteiger partial charge in [0.2, 0.25) is 0 Å². The fraction of sp³-hybridized carbons (Fsp3) is 0.375. The van der Waals surface area contributed by atoms with E-state index < -0.39 is 0 Å². The molecule has 0 heterocycles. The van der Waals surface area contributed by atoms with E-state index in [4.69, 9.17) is 0 Å². The zero-order valence-electron chi connectivity index (χ0n) is 16.6. The van der Waals surface area contributed by atoms with E-state index in [1.807, 2.05) is 13.4 Å². The van der Waals surface area contributed by atoms with Gasteiger partial charge in [0, 0.05) is 13.6 Å². The topological polar surface area (TPSA) is 15.6 Å². The first kappa shape index (κ1) is 18.4. The van der Waals surface area contributed by atoms with Gasteiger partial charge in [0.05, 0.1) is 12.0 Å². The van der Waals surface area contributed by atoms with Crippen LogP contribution in [-0.2, 0) is 19.3 Å². The molecule has 2 aromatic carbocycles. The third-order valence-corrected chi connectivity index (χ3v) is 5.40. The summed E-state index contributed by atoms with van der Waals surface area (Å²) in [6, 6.07) is 11.4. The first-order valence-corrected chi connectivity index (χ1v) is 9.62. The number of hydrogen-bond acceptors (Lipinski definition) is 1. The summed E-state index contributed by atoms with van der Waals surface area (Å²) < 4.78 is 0. The lowest BCUT2D eigenvalue weighted by Crippen LogP contribution is -2.14. The van der Waals surface area contributed by atoms with Crippen molar-refractivity contribution in [2.45, 2.75) is 46.5 Å². The normalized spacial score (nSPS) is 13.2. The maximum absolute atomic E-state index is 4.63.